The SMILES string of the molecule is CCOC(=O)CN(c1c(Cl)cccc1Cl)S(C)(=O)=O. The smallest absolute Gasteiger partial charge is 0.326 e. The minimum atomic E-state index is -3.71. The predicted octanol–water partition coefficient (Wildman–Crippen LogP) is 2.32. The fourth-order valence-electron chi connectivity index (χ4n) is 1.41. The van der Waals surface area contributed by atoms with E-state index in [9.17, 15) is 13.2 Å². The lowest BCUT2D eigenvalue weighted by Crippen LogP contribution is -2.36. The molecule has 1 rings (SSSR count). The molecule has 0 amide bonds. The Morgan fingerprint density at radius 2 is 1.84 bits per heavy atom. The van der Waals surface area contributed by atoms with Crippen molar-refractivity contribution in [2.45, 2.75) is 6.92 Å². The van der Waals surface area contributed by atoms with Gasteiger partial charge >= 0.3 is 5.97 Å². The first-order valence-corrected chi connectivity index (χ1v) is 7.95. The topological polar surface area (TPSA) is 63.7 Å². The molecule has 0 aliphatic rings. The third-order valence-electron chi connectivity index (χ3n) is 2.17. The van der Waals surface area contributed by atoms with Crippen LogP contribution in [0.15, 0.2) is 18.2 Å². The van der Waals surface area contributed by atoms with Crippen LogP contribution in [-0.2, 0) is 19.6 Å². The molecule has 1 aromatic carbocycles. The lowest BCUT2D eigenvalue weighted by Gasteiger charge is -2.23. The lowest BCUT2D eigenvalue weighted by atomic mass is 10.3. The molecule has 0 saturated carbocycles. The maximum absolute atomic E-state index is 11.8. The molecule has 0 aromatic heterocycles. The van der Waals surface area contributed by atoms with E-state index in [1.54, 1.807) is 13.0 Å². The third-order valence-corrected chi connectivity index (χ3v) is 3.89. The highest BCUT2D eigenvalue weighted by Crippen LogP contribution is 2.34. The zero-order chi connectivity index (χ0) is 14.6. The molecule has 0 atom stereocenters. The van der Waals surface area contributed by atoms with Crippen LogP contribution in [0.5, 0.6) is 0 Å². The quantitative estimate of drug-likeness (QED) is 0.779. The van der Waals surface area contributed by atoms with Crippen molar-refractivity contribution in [1.82, 2.24) is 0 Å². The Bertz CT molecular complexity index is 554. The van der Waals surface area contributed by atoms with Gasteiger partial charge in [-0.15, -0.1) is 0 Å². The molecule has 1 aromatic rings. The van der Waals surface area contributed by atoms with Crippen LogP contribution < -0.4 is 4.31 Å². The summed E-state index contributed by atoms with van der Waals surface area (Å²) in [4.78, 5) is 11.5. The maximum atomic E-state index is 11.8. The van der Waals surface area contributed by atoms with Gasteiger partial charge in [0.25, 0.3) is 0 Å². The van der Waals surface area contributed by atoms with Gasteiger partial charge < -0.3 is 4.74 Å². The Balaban J connectivity index is 3.23. The van der Waals surface area contributed by atoms with E-state index in [0.717, 1.165) is 10.6 Å². The van der Waals surface area contributed by atoms with Gasteiger partial charge in [-0.3, -0.25) is 9.10 Å². The van der Waals surface area contributed by atoms with E-state index in [4.69, 9.17) is 27.9 Å². The molecule has 0 heterocycles. The van der Waals surface area contributed by atoms with Crippen LogP contribution in [0.2, 0.25) is 10.0 Å². The van der Waals surface area contributed by atoms with E-state index in [0.29, 0.717) is 0 Å². The summed E-state index contributed by atoms with van der Waals surface area (Å²) in [5.41, 5.74) is 0.0707. The van der Waals surface area contributed by atoms with Gasteiger partial charge in [-0.25, -0.2) is 8.42 Å². The van der Waals surface area contributed by atoms with Crippen molar-refractivity contribution in [3.8, 4) is 0 Å². The Morgan fingerprint density at radius 3 is 2.26 bits per heavy atom. The molecule has 0 saturated heterocycles. The molecule has 5 nitrogen and oxygen atoms in total. The molecule has 0 fully saturated rings. The van der Waals surface area contributed by atoms with Crippen LogP contribution in [-0.4, -0.2) is 33.8 Å². The van der Waals surface area contributed by atoms with Crippen molar-refractivity contribution in [3.63, 3.8) is 0 Å². The number of hydrogen-bond acceptors (Lipinski definition) is 4. The molecule has 0 aliphatic heterocycles. The predicted molar refractivity (Wildman–Crippen MR) is 75.3 cm³/mol. The van der Waals surface area contributed by atoms with Gasteiger partial charge in [-0.2, -0.15) is 0 Å². The summed E-state index contributed by atoms with van der Waals surface area (Å²) < 4.78 is 29.1. The summed E-state index contributed by atoms with van der Waals surface area (Å²) in [6.07, 6.45) is 0.964. The number of rotatable bonds is 5. The zero-order valence-corrected chi connectivity index (χ0v) is 12.7. The number of sulfonamides is 1. The average Bonchev–Trinajstić information content (AvgIpc) is 2.26. The Labute approximate surface area is 122 Å². The van der Waals surface area contributed by atoms with Crippen molar-refractivity contribution in [2.24, 2.45) is 0 Å². The number of nitrogens with zero attached hydrogens (tertiary/aromatic N) is 1. The van der Waals surface area contributed by atoms with Crippen LogP contribution in [0.25, 0.3) is 0 Å². The standard InChI is InChI=1S/C11H13Cl2NO4S/c1-3-18-10(15)7-14(19(2,16)17)11-8(12)5-4-6-9(11)13/h4-6H,3,7H2,1-2H3. The zero-order valence-electron chi connectivity index (χ0n) is 10.4. The minimum Gasteiger partial charge on any atom is -0.465 e. The number of carbonyl (C=O) groups is 1. The first-order chi connectivity index (χ1) is 8.77. The largest absolute Gasteiger partial charge is 0.465 e. The second-order valence-corrected chi connectivity index (χ2v) is 6.37. The van der Waals surface area contributed by atoms with Gasteiger partial charge in [-0.05, 0) is 19.1 Å². The number of ether oxygens (including phenoxy) is 1. The fourth-order valence-corrected chi connectivity index (χ4v) is 2.98. The van der Waals surface area contributed by atoms with E-state index >= 15 is 0 Å². The van der Waals surface area contributed by atoms with Gasteiger partial charge in [0.05, 0.1) is 28.6 Å². The minimum absolute atomic E-state index is 0.0707. The summed E-state index contributed by atoms with van der Waals surface area (Å²) in [7, 11) is -3.71. The summed E-state index contributed by atoms with van der Waals surface area (Å²) in [5, 5.41) is 0.282. The normalized spacial score (nSPS) is 11.2. The van der Waals surface area contributed by atoms with E-state index in [2.05, 4.69) is 0 Å². The first-order valence-electron chi connectivity index (χ1n) is 5.34. The third kappa shape index (κ3) is 4.26. The molecule has 0 N–H and O–H groups in total. The molecular weight excluding hydrogens is 313 g/mol. The van der Waals surface area contributed by atoms with Crippen molar-refractivity contribution in [1.29, 1.82) is 0 Å². The van der Waals surface area contributed by atoms with Gasteiger partial charge in [-0.1, -0.05) is 29.3 Å². The molecule has 19 heavy (non-hydrogen) atoms. The van der Waals surface area contributed by atoms with Crippen molar-refractivity contribution < 1.29 is 17.9 Å². The van der Waals surface area contributed by atoms with Crippen molar-refractivity contribution in [2.75, 3.05) is 23.7 Å². The molecule has 0 aliphatic carbocycles. The lowest BCUT2D eigenvalue weighted by molar-refractivity contribution is -0.141. The van der Waals surface area contributed by atoms with E-state index in [-0.39, 0.29) is 22.3 Å². The summed E-state index contributed by atoms with van der Waals surface area (Å²) in [5.74, 6) is -0.677. The van der Waals surface area contributed by atoms with Crippen molar-refractivity contribution >= 4 is 44.9 Å². The second kappa shape index (κ2) is 6.45. The van der Waals surface area contributed by atoms with Gasteiger partial charge in [0.2, 0.25) is 10.0 Å². The highest BCUT2D eigenvalue weighted by Gasteiger charge is 2.25. The second-order valence-electron chi connectivity index (χ2n) is 3.64. The Kier molecular flexibility index (Phi) is 5.46. The number of anilines is 1. The Hall–Kier alpha value is -0.980. The number of carbonyl (C=O) groups excluding carboxylic acids is 1. The van der Waals surface area contributed by atoms with E-state index in [1.165, 1.54) is 12.1 Å². The maximum Gasteiger partial charge on any atom is 0.326 e. The van der Waals surface area contributed by atoms with Gasteiger partial charge in [0.15, 0.2) is 0 Å². The molecule has 106 valence electrons. The number of para-hydroxylation sites is 1. The molecule has 0 unspecified atom stereocenters. The van der Waals surface area contributed by atoms with E-state index in [1.807, 2.05) is 0 Å². The summed E-state index contributed by atoms with van der Waals surface area (Å²) in [6.45, 7) is 1.31. The highest BCUT2D eigenvalue weighted by molar-refractivity contribution is 7.92. The molecular formula is C11H13Cl2NO4S. The van der Waals surface area contributed by atoms with Gasteiger partial charge in [0.1, 0.15) is 6.54 Å². The van der Waals surface area contributed by atoms with Crippen LogP contribution >= 0.6 is 23.2 Å². The van der Waals surface area contributed by atoms with E-state index < -0.39 is 22.5 Å². The van der Waals surface area contributed by atoms with Crippen LogP contribution in [0, 0.1) is 0 Å². The molecule has 0 radical (unpaired) electrons. The number of hydrogen-bond donors (Lipinski definition) is 0. The molecule has 0 bridgehead atoms. The number of benzene rings is 1. The molecule has 8 heteroatoms. The monoisotopic (exact) mass is 325 g/mol. The highest BCUT2D eigenvalue weighted by atomic mass is 35.5. The van der Waals surface area contributed by atoms with Crippen LogP contribution in [0.3, 0.4) is 0 Å². The van der Waals surface area contributed by atoms with Crippen LogP contribution in [0.4, 0.5) is 5.69 Å². The first kappa shape index (κ1) is 16.1. The van der Waals surface area contributed by atoms with Gasteiger partial charge in [0, 0.05) is 0 Å². The summed E-state index contributed by atoms with van der Waals surface area (Å²) in [6, 6.07) is 4.57. The fraction of sp³-hybridized carbons (Fsp3) is 0.364. The molecule has 0 spiro atoms. The Morgan fingerprint density at radius 1 is 1.32 bits per heavy atom. The summed E-state index contributed by atoms with van der Waals surface area (Å²) >= 11 is 11.9. The van der Waals surface area contributed by atoms with Crippen molar-refractivity contribution in [3.05, 3.63) is 28.2 Å². The number of esters is 1. The average molecular weight is 326 g/mol. The number of halogens is 2. The van der Waals surface area contributed by atoms with Crippen LogP contribution in [0.1, 0.15) is 6.92 Å².